The second-order valence-corrected chi connectivity index (χ2v) is 0.757. The Kier molecular flexibility index (Phi) is 4.12. The largest absolute Gasteiger partial charge is 0.397 e. The Morgan fingerprint density at radius 3 is 2.50 bits per heavy atom. The van der Waals surface area contributed by atoms with Crippen LogP contribution >= 0.6 is 0 Å². The molecule has 1 radical (unpaired) electrons. The molecule has 0 bridgehead atoms. The Labute approximate surface area is 37.8 Å². The normalized spacial score (nSPS) is 9.67. The lowest BCUT2D eigenvalue weighted by Gasteiger charge is -1.84. The SMILES string of the molecule is C/C=C\O[N]C. The lowest BCUT2D eigenvalue weighted by Crippen LogP contribution is -1.88. The Hall–Kier alpha value is -0.500. The Morgan fingerprint density at radius 1 is 1.67 bits per heavy atom. The van der Waals surface area contributed by atoms with Gasteiger partial charge in [0.25, 0.3) is 0 Å². The van der Waals surface area contributed by atoms with Gasteiger partial charge in [0, 0.05) is 7.05 Å². The summed E-state index contributed by atoms with van der Waals surface area (Å²) in [7, 11) is 1.58. The van der Waals surface area contributed by atoms with Crippen molar-refractivity contribution in [2.45, 2.75) is 6.92 Å². The smallest absolute Gasteiger partial charge is 0.109 e. The molecule has 0 aromatic heterocycles. The van der Waals surface area contributed by atoms with Crippen molar-refractivity contribution in [3.63, 3.8) is 0 Å². The van der Waals surface area contributed by atoms with Crippen LogP contribution in [0.5, 0.6) is 0 Å². The molecule has 0 saturated carbocycles. The lowest BCUT2D eigenvalue weighted by atomic mass is 10.7. The first-order valence-electron chi connectivity index (χ1n) is 1.78. The predicted molar refractivity (Wildman–Crippen MR) is 24.0 cm³/mol. The van der Waals surface area contributed by atoms with Gasteiger partial charge < -0.3 is 4.84 Å². The van der Waals surface area contributed by atoms with Crippen molar-refractivity contribution in [3.05, 3.63) is 12.3 Å². The molecule has 0 aliphatic carbocycles. The van der Waals surface area contributed by atoms with Crippen molar-refractivity contribution in [3.8, 4) is 0 Å². The summed E-state index contributed by atoms with van der Waals surface area (Å²) in [6, 6.07) is 0. The number of rotatable bonds is 2. The van der Waals surface area contributed by atoms with Crippen molar-refractivity contribution in [2.24, 2.45) is 0 Å². The average Bonchev–Trinajstić information content (AvgIpc) is 1.61. The maximum atomic E-state index is 4.43. The predicted octanol–water partition coefficient (Wildman–Crippen LogP) is 0.686. The summed E-state index contributed by atoms with van der Waals surface area (Å²) in [6.07, 6.45) is 3.28. The van der Waals surface area contributed by atoms with E-state index in [1.54, 1.807) is 13.1 Å². The van der Waals surface area contributed by atoms with Gasteiger partial charge in [0.1, 0.15) is 6.26 Å². The molecular weight excluding hydrogens is 78.0 g/mol. The maximum absolute atomic E-state index is 4.43. The van der Waals surface area contributed by atoms with Gasteiger partial charge in [0.15, 0.2) is 0 Å². The molecule has 0 fully saturated rings. The minimum absolute atomic E-state index is 1.51. The summed E-state index contributed by atoms with van der Waals surface area (Å²) in [5.41, 5.74) is 3.34. The number of hydroxylamine groups is 1. The number of nitrogens with zero attached hydrogens (tertiary/aromatic N) is 1. The van der Waals surface area contributed by atoms with E-state index in [9.17, 15) is 0 Å². The molecule has 0 heterocycles. The zero-order valence-electron chi connectivity index (χ0n) is 4.01. The maximum Gasteiger partial charge on any atom is 0.109 e. The molecule has 0 aromatic carbocycles. The Bertz CT molecular complexity index is 42.8. The minimum Gasteiger partial charge on any atom is -0.397 e. The Morgan fingerprint density at radius 2 is 2.33 bits per heavy atom. The highest BCUT2D eigenvalue weighted by molar-refractivity contribution is 4.63. The highest BCUT2D eigenvalue weighted by Crippen LogP contribution is 1.66. The molecule has 2 heteroatoms. The first-order chi connectivity index (χ1) is 2.91. The van der Waals surface area contributed by atoms with Crippen LogP contribution in [-0.4, -0.2) is 7.05 Å². The van der Waals surface area contributed by atoms with Gasteiger partial charge in [-0.2, -0.15) is 0 Å². The third-order valence-corrected chi connectivity index (χ3v) is 0.302. The molecule has 35 valence electrons. The topological polar surface area (TPSA) is 23.3 Å². The molecule has 0 rings (SSSR count). The first-order valence-corrected chi connectivity index (χ1v) is 1.78. The van der Waals surface area contributed by atoms with E-state index in [0.717, 1.165) is 0 Å². The van der Waals surface area contributed by atoms with Gasteiger partial charge in [0.05, 0.1) is 0 Å². The summed E-state index contributed by atoms with van der Waals surface area (Å²) in [5.74, 6) is 0. The highest BCUT2D eigenvalue weighted by Gasteiger charge is 1.60. The van der Waals surface area contributed by atoms with Crippen molar-refractivity contribution < 1.29 is 4.84 Å². The van der Waals surface area contributed by atoms with Gasteiger partial charge in [-0.05, 0) is 12.4 Å². The third kappa shape index (κ3) is 3.50. The Balaban J connectivity index is 2.66. The van der Waals surface area contributed by atoms with Crippen LogP contribution in [-0.2, 0) is 4.84 Å². The number of allylic oxidation sites excluding steroid dienone is 1. The van der Waals surface area contributed by atoms with E-state index in [0.29, 0.717) is 0 Å². The molecule has 0 unspecified atom stereocenters. The molecule has 0 saturated heterocycles. The fourth-order valence-corrected chi connectivity index (χ4v) is 0.122. The molecule has 0 N–H and O–H groups in total. The summed E-state index contributed by atoms with van der Waals surface area (Å²) in [4.78, 5) is 4.43. The van der Waals surface area contributed by atoms with Gasteiger partial charge in [-0.15, -0.1) is 0 Å². The van der Waals surface area contributed by atoms with E-state index in [2.05, 4.69) is 10.3 Å². The van der Waals surface area contributed by atoms with Crippen molar-refractivity contribution in [2.75, 3.05) is 7.05 Å². The van der Waals surface area contributed by atoms with Crippen LogP contribution in [0.25, 0.3) is 0 Å². The van der Waals surface area contributed by atoms with Crippen molar-refractivity contribution in [1.82, 2.24) is 5.48 Å². The monoisotopic (exact) mass is 86.1 g/mol. The number of hydrogen-bond donors (Lipinski definition) is 0. The van der Waals surface area contributed by atoms with Crippen LogP contribution in [0.3, 0.4) is 0 Å². The van der Waals surface area contributed by atoms with Crippen LogP contribution in [0.2, 0.25) is 0 Å². The standard InChI is InChI=1S/C4H8NO/c1-3-4-6-5-2/h3-4H,1-2H3/b4-3-. The fraction of sp³-hybridized carbons (Fsp3) is 0.500. The van der Waals surface area contributed by atoms with Crippen molar-refractivity contribution in [1.29, 1.82) is 0 Å². The summed E-state index contributed by atoms with van der Waals surface area (Å²) < 4.78 is 0. The van der Waals surface area contributed by atoms with Crippen LogP contribution in [0.15, 0.2) is 12.3 Å². The lowest BCUT2D eigenvalue weighted by molar-refractivity contribution is 0.148. The summed E-state index contributed by atoms with van der Waals surface area (Å²) in [6.45, 7) is 1.87. The average molecular weight is 86.1 g/mol. The second kappa shape index (κ2) is 4.50. The van der Waals surface area contributed by atoms with Gasteiger partial charge in [-0.1, -0.05) is 6.08 Å². The second-order valence-electron chi connectivity index (χ2n) is 0.757. The molecular formula is C4H8NO. The van der Waals surface area contributed by atoms with E-state index < -0.39 is 0 Å². The molecule has 0 spiro atoms. The summed E-state index contributed by atoms with van der Waals surface area (Å²) in [5, 5.41) is 0. The zero-order valence-corrected chi connectivity index (χ0v) is 4.01. The molecule has 0 aromatic rings. The molecule has 0 aliphatic heterocycles. The minimum atomic E-state index is 1.51. The number of hydrogen-bond acceptors (Lipinski definition) is 1. The van der Waals surface area contributed by atoms with E-state index in [1.807, 2.05) is 6.92 Å². The quantitative estimate of drug-likeness (QED) is 0.358. The molecule has 6 heavy (non-hydrogen) atoms. The molecule has 0 amide bonds. The van der Waals surface area contributed by atoms with Crippen LogP contribution < -0.4 is 5.48 Å². The third-order valence-electron chi connectivity index (χ3n) is 0.302. The zero-order chi connectivity index (χ0) is 4.83. The van der Waals surface area contributed by atoms with E-state index >= 15 is 0 Å². The van der Waals surface area contributed by atoms with E-state index in [4.69, 9.17) is 0 Å². The molecule has 0 atom stereocenters. The molecule has 0 aliphatic rings. The summed E-state index contributed by atoms with van der Waals surface area (Å²) >= 11 is 0. The van der Waals surface area contributed by atoms with Gasteiger partial charge in [-0.3, -0.25) is 0 Å². The first kappa shape index (κ1) is 5.50. The van der Waals surface area contributed by atoms with Gasteiger partial charge in [0.2, 0.25) is 0 Å². The van der Waals surface area contributed by atoms with Crippen molar-refractivity contribution >= 4 is 0 Å². The fourth-order valence-electron chi connectivity index (χ4n) is 0.122. The van der Waals surface area contributed by atoms with Crippen LogP contribution in [0.4, 0.5) is 0 Å². The van der Waals surface area contributed by atoms with Gasteiger partial charge in [-0.25, -0.2) is 0 Å². The van der Waals surface area contributed by atoms with Gasteiger partial charge >= 0.3 is 0 Å². The highest BCUT2D eigenvalue weighted by atomic mass is 16.6. The van der Waals surface area contributed by atoms with E-state index in [1.165, 1.54) is 6.26 Å². The van der Waals surface area contributed by atoms with Crippen LogP contribution in [0.1, 0.15) is 6.92 Å². The van der Waals surface area contributed by atoms with Crippen LogP contribution in [0, 0.1) is 0 Å². The van der Waals surface area contributed by atoms with E-state index in [-0.39, 0.29) is 0 Å². The molecule has 2 nitrogen and oxygen atoms in total.